The molecule has 0 aliphatic carbocycles. The van der Waals surface area contributed by atoms with Crippen molar-refractivity contribution >= 4 is 29.3 Å². The Morgan fingerprint density at radius 3 is 2.59 bits per heavy atom. The van der Waals surface area contributed by atoms with E-state index in [0.717, 1.165) is 4.90 Å². The van der Waals surface area contributed by atoms with E-state index in [2.05, 4.69) is 9.72 Å². The highest BCUT2D eigenvalue weighted by atomic mass is 35.5. The number of ether oxygens (including phenoxy) is 3. The number of nitrogens with zero attached hydrogens (tertiary/aromatic N) is 2. The lowest BCUT2D eigenvalue weighted by Crippen LogP contribution is -2.20. The van der Waals surface area contributed by atoms with E-state index in [4.69, 9.17) is 21.1 Å². The van der Waals surface area contributed by atoms with Crippen molar-refractivity contribution in [3.8, 4) is 17.2 Å². The molecular weight excluding hydrogens is 416 g/mol. The van der Waals surface area contributed by atoms with Gasteiger partial charge in [0.15, 0.2) is 23.1 Å². The number of esters is 1. The molecular formula is C20H17ClN2O5S. The van der Waals surface area contributed by atoms with E-state index >= 15 is 0 Å². The van der Waals surface area contributed by atoms with E-state index < -0.39 is 5.97 Å². The van der Waals surface area contributed by atoms with Gasteiger partial charge in [0, 0.05) is 28.4 Å². The summed E-state index contributed by atoms with van der Waals surface area (Å²) in [5.41, 5.74) is 0.287. The quantitative estimate of drug-likeness (QED) is 0.528. The summed E-state index contributed by atoms with van der Waals surface area (Å²) in [5, 5.41) is 0.939. The van der Waals surface area contributed by atoms with Crippen molar-refractivity contribution in [2.75, 3.05) is 20.8 Å². The summed E-state index contributed by atoms with van der Waals surface area (Å²) in [6.45, 7) is -0.247. The Bertz CT molecular complexity index is 1070. The topological polar surface area (TPSA) is 79.7 Å². The lowest BCUT2D eigenvalue weighted by molar-refractivity contribution is -0.142. The van der Waals surface area contributed by atoms with Crippen molar-refractivity contribution in [2.24, 2.45) is 0 Å². The van der Waals surface area contributed by atoms with Crippen LogP contribution in [0.1, 0.15) is 0 Å². The van der Waals surface area contributed by atoms with Gasteiger partial charge in [-0.1, -0.05) is 23.4 Å². The number of benzene rings is 2. The molecule has 0 aliphatic rings. The molecule has 0 atom stereocenters. The predicted octanol–water partition coefficient (Wildman–Crippen LogP) is 3.60. The molecule has 9 heteroatoms. The Morgan fingerprint density at radius 1 is 1.14 bits per heavy atom. The van der Waals surface area contributed by atoms with E-state index in [0.29, 0.717) is 27.2 Å². The number of halogens is 1. The third-order valence-electron chi connectivity index (χ3n) is 3.84. The molecule has 150 valence electrons. The van der Waals surface area contributed by atoms with Gasteiger partial charge in [0.2, 0.25) is 0 Å². The average molecular weight is 433 g/mol. The maximum atomic E-state index is 12.9. The number of carbonyl (C=O) groups is 1. The minimum atomic E-state index is -0.509. The maximum Gasteiger partial charge on any atom is 0.343 e. The molecule has 0 fully saturated rings. The van der Waals surface area contributed by atoms with Gasteiger partial charge < -0.3 is 14.2 Å². The normalized spacial score (nSPS) is 10.4. The summed E-state index contributed by atoms with van der Waals surface area (Å²) in [7, 11) is 2.75. The number of carbonyl (C=O) groups excluding carboxylic acids is 1. The molecule has 7 nitrogen and oxygen atoms in total. The summed E-state index contributed by atoms with van der Waals surface area (Å²) in [5.74, 6) is 0.229. The fourth-order valence-corrected chi connectivity index (χ4v) is 3.32. The second-order valence-corrected chi connectivity index (χ2v) is 7.16. The molecule has 1 aromatic heterocycles. The SMILES string of the molecule is COC(=O)COc1ccc(-n2ccnc(Sc3ccc(Cl)cc3)c2=O)cc1OC. The maximum absolute atomic E-state index is 12.9. The first kappa shape index (κ1) is 20.8. The predicted molar refractivity (Wildman–Crippen MR) is 109 cm³/mol. The average Bonchev–Trinajstić information content (AvgIpc) is 2.75. The molecule has 29 heavy (non-hydrogen) atoms. The zero-order valence-corrected chi connectivity index (χ0v) is 17.2. The Kier molecular flexibility index (Phi) is 6.79. The van der Waals surface area contributed by atoms with E-state index in [1.807, 2.05) is 12.1 Å². The summed E-state index contributed by atoms with van der Waals surface area (Å²) in [6, 6.07) is 12.1. The van der Waals surface area contributed by atoms with Crippen LogP contribution in [0, 0.1) is 0 Å². The van der Waals surface area contributed by atoms with Crippen LogP contribution in [-0.4, -0.2) is 36.3 Å². The van der Waals surface area contributed by atoms with Crippen molar-refractivity contribution in [2.45, 2.75) is 9.92 Å². The van der Waals surface area contributed by atoms with Gasteiger partial charge in [0.25, 0.3) is 5.56 Å². The molecule has 0 bridgehead atoms. The molecule has 0 radical (unpaired) electrons. The second kappa shape index (κ2) is 9.49. The largest absolute Gasteiger partial charge is 0.493 e. The lowest BCUT2D eigenvalue weighted by atomic mass is 10.2. The molecule has 0 aliphatic heterocycles. The molecule has 0 saturated heterocycles. The van der Waals surface area contributed by atoms with Crippen LogP contribution < -0.4 is 15.0 Å². The number of aromatic nitrogens is 2. The van der Waals surface area contributed by atoms with Gasteiger partial charge in [-0.05, 0) is 36.4 Å². The van der Waals surface area contributed by atoms with Crippen LogP contribution in [0.2, 0.25) is 5.02 Å². The first-order valence-electron chi connectivity index (χ1n) is 8.41. The van der Waals surface area contributed by atoms with E-state index in [1.54, 1.807) is 42.7 Å². The van der Waals surface area contributed by atoms with Crippen molar-refractivity contribution in [3.63, 3.8) is 0 Å². The number of methoxy groups -OCH3 is 2. The van der Waals surface area contributed by atoms with Crippen LogP contribution >= 0.6 is 23.4 Å². The molecule has 0 spiro atoms. The zero-order chi connectivity index (χ0) is 20.8. The fraction of sp³-hybridized carbons (Fsp3) is 0.150. The Hall–Kier alpha value is -2.97. The van der Waals surface area contributed by atoms with Crippen molar-refractivity contribution in [1.82, 2.24) is 9.55 Å². The van der Waals surface area contributed by atoms with Crippen LogP contribution in [0.4, 0.5) is 0 Å². The molecule has 1 heterocycles. The molecule has 0 N–H and O–H groups in total. The van der Waals surface area contributed by atoms with Gasteiger partial charge in [-0.3, -0.25) is 9.36 Å². The summed E-state index contributed by atoms with van der Waals surface area (Å²) in [6.07, 6.45) is 3.12. The monoisotopic (exact) mass is 432 g/mol. The highest BCUT2D eigenvalue weighted by Crippen LogP contribution is 2.30. The van der Waals surface area contributed by atoms with E-state index in [9.17, 15) is 9.59 Å². The van der Waals surface area contributed by atoms with Crippen LogP contribution in [0.5, 0.6) is 11.5 Å². The number of hydrogen-bond acceptors (Lipinski definition) is 7. The molecule has 3 aromatic rings. The fourth-order valence-electron chi connectivity index (χ4n) is 2.40. The van der Waals surface area contributed by atoms with Crippen molar-refractivity contribution < 1.29 is 19.0 Å². The van der Waals surface area contributed by atoms with E-state index in [1.165, 1.54) is 30.5 Å². The Morgan fingerprint density at radius 2 is 1.90 bits per heavy atom. The minimum Gasteiger partial charge on any atom is -0.493 e. The minimum absolute atomic E-state index is 0.247. The van der Waals surface area contributed by atoms with Gasteiger partial charge >= 0.3 is 5.97 Å². The Balaban J connectivity index is 1.89. The molecule has 2 aromatic carbocycles. The Labute approximate surface area is 176 Å². The molecule has 3 rings (SSSR count). The zero-order valence-electron chi connectivity index (χ0n) is 15.6. The van der Waals surface area contributed by atoms with Gasteiger partial charge in [-0.15, -0.1) is 0 Å². The number of hydrogen-bond donors (Lipinski definition) is 0. The lowest BCUT2D eigenvalue weighted by Gasteiger charge is -2.13. The second-order valence-electron chi connectivity index (χ2n) is 5.66. The standard InChI is InChI=1S/C20H17ClN2O5S/c1-26-17-11-14(5-8-16(17)28-12-18(24)27-2)23-10-9-22-19(20(23)25)29-15-6-3-13(21)4-7-15/h3-11H,12H2,1-2H3. The first-order chi connectivity index (χ1) is 14.0. The van der Waals surface area contributed by atoms with Crippen LogP contribution in [0.15, 0.2) is 69.6 Å². The molecule has 0 saturated carbocycles. The third-order valence-corrected chi connectivity index (χ3v) is 5.07. The smallest absolute Gasteiger partial charge is 0.343 e. The van der Waals surface area contributed by atoms with Crippen LogP contribution in [0.3, 0.4) is 0 Å². The van der Waals surface area contributed by atoms with Crippen LogP contribution in [-0.2, 0) is 9.53 Å². The summed E-state index contributed by atoms with van der Waals surface area (Å²) >= 11 is 7.15. The van der Waals surface area contributed by atoms with Gasteiger partial charge in [-0.2, -0.15) is 0 Å². The molecule has 0 unspecified atom stereocenters. The van der Waals surface area contributed by atoms with E-state index in [-0.39, 0.29) is 12.2 Å². The highest BCUT2D eigenvalue weighted by Gasteiger charge is 2.13. The third kappa shape index (κ3) is 5.10. The summed E-state index contributed by atoms with van der Waals surface area (Å²) in [4.78, 5) is 29.2. The van der Waals surface area contributed by atoms with Crippen molar-refractivity contribution in [1.29, 1.82) is 0 Å². The highest BCUT2D eigenvalue weighted by molar-refractivity contribution is 7.99. The number of rotatable bonds is 7. The molecule has 0 amide bonds. The van der Waals surface area contributed by atoms with Crippen LogP contribution in [0.25, 0.3) is 5.69 Å². The van der Waals surface area contributed by atoms with Gasteiger partial charge in [0.05, 0.1) is 19.9 Å². The summed E-state index contributed by atoms with van der Waals surface area (Å²) < 4.78 is 16.7. The van der Waals surface area contributed by atoms with Gasteiger partial charge in [-0.25, -0.2) is 9.78 Å². The van der Waals surface area contributed by atoms with Crippen molar-refractivity contribution in [3.05, 3.63) is 70.2 Å². The first-order valence-corrected chi connectivity index (χ1v) is 9.60. The van der Waals surface area contributed by atoms with Gasteiger partial charge in [0.1, 0.15) is 0 Å².